The molecule has 0 spiro atoms. The number of nitrogens with one attached hydrogen (secondary N) is 1. The molecule has 1 rings (SSSR count). The quantitative estimate of drug-likeness (QED) is 0.791. The van der Waals surface area contributed by atoms with Crippen molar-refractivity contribution in [2.24, 2.45) is 5.73 Å². The van der Waals surface area contributed by atoms with Gasteiger partial charge in [0.15, 0.2) is 0 Å². The third-order valence-electron chi connectivity index (χ3n) is 2.83. The molecule has 0 aliphatic rings. The largest absolute Gasteiger partial charge is 0.489 e. The van der Waals surface area contributed by atoms with Gasteiger partial charge in [-0.3, -0.25) is 4.79 Å². The second-order valence-corrected chi connectivity index (χ2v) is 4.89. The highest BCUT2D eigenvalue weighted by atomic mass is 16.5. The van der Waals surface area contributed by atoms with Gasteiger partial charge in [-0.25, -0.2) is 0 Å². The number of hydrogen-bond donors (Lipinski definition) is 2. The molecule has 2 atom stereocenters. The summed E-state index contributed by atoms with van der Waals surface area (Å²) in [5, 5.41) is 2.81. The molecular weight excluding hydrogens is 240 g/mol. The molecule has 0 radical (unpaired) electrons. The minimum atomic E-state index is -0.420. The first kappa shape index (κ1) is 15.5. The second-order valence-electron chi connectivity index (χ2n) is 4.89. The van der Waals surface area contributed by atoms with E-state index in [1.807, 2.05) is 45.0 Å². The summed E-state index contributed by atoms with van der Waals surface area (Å²) in [6, 6.07) is 7.43. The molecule has 1 amide bonds. The number of rotatable bonds is 7. The van der Waals surface area contributed by atoms with Crippen LogP contribution in [0, 0.1) is 6.92 Å². The third-order valence-corrected chi connectivity index (χ3v) is 2.83. The summed E-state index contributed by atoms with van der Waals surface area (Å²) in [6.45, 7) is 6.41. The maximum atomic E-state index is 11.7. The van der Waals surface area contributed by atoms with Crippen molar-refractivity contribution in [1.29, 1.82) is 0 Å². The maximum Gasteiger partial charge on any atom is 0.237 e. The molecule has 0 saturated heterocycles. The highest BCUT2D eigenvalue weighted by Crippen LogP contribution is 2.13. The van der Waals surface area contributed by atoms with Crippen LogP contribution >= 0.6 is 0 Å². The molecule has 3 N–H and O–H groups in total. The minimum absolute atomic E-state index is 0.0837. The van der Waals surface area contributed by atoms with Gasteiger partial charge in [0.1, 0.15) is 11.9 Å². The molecular formula is C15H24N2O2. The minimum Gasteiger partial charge on any atom is -0.489 e. The highest BCUT2D eigenvalue weighted by Gasteiger charge is 2.13. The summed E-state index contributed by atoms with van der Waals surface area (Å²) in [7, 11) is 0. The molecule has 0 saturated carbocycles. The zero-order valence-electron chi connectivity index (χ0n) is 12.0. The van der Waals surface area contributed by atoms with Crippen LogP contribution in [0.25, 0.3) is 0 Å². The fraction of sp³-hybridized carbons (Fsp3) is 0.533. The molecule has 0 aromatic heterocycles. The van der Waals surface area contributed by atoms with E-state index in [1.165, 1.54) is 0 Å². The summed E-state index contributed by atoms with van der Waals surface area (Å²) >= 11 is 0. The number of carbonyl (C=O) groups excluding carboxylic acids is 1. The number of carbonyl (C=O) groups is 1. The summed E-state index contributed by atoms with van der Waals surface area (Å²) < 4.78 is 5.73. The smallest absolute Gasteiger partial charge is 0.237 e. The van der Waals surface area contributed by atoms with E-state index in [0.29, 0.717) is 13.0 Å². The molecule has 0 aliphatic heterocycles. The number of hydrogen-bond acceptors (Lipinski definition) is 3. The summed E-state index contributed by atoms with van der Waals surface area (Å²) in [5.41, 5.74) is 6.89. The number of aryl methyl sites for hydroxylation is 1. The first-order valence-electron chi connectivity index (χ1n) is 6.79. The van der Waals surface area contributed by atoms with E-state index in [1.54, 1.807) is 0 Å². The van der Waals surface area contributed by atoms with Gasteiger partial charge in [-0.15, -0.1) is 0 Å². The Balaban J connectivity index is 2.35. The normalized spacial score (nSPS) is 13.7. The van der Waals surface area contributed by atoms with E-state index < -0.39 is 6.04 Å². The van der Waals surface area contributed by atoms with Crippen LogP contribution in [-0.4, -0.2) is 24.6 Å². The Labute approximate surface area is 115 Å². The molecule has 1 aromatic carbocycles. The van der Waals surface area contributed by atoms with Gasteiger partial charge in [-0.2, -0.15) is 0 Å². The maximum absolute atomic E-state index is 11.7. The van der Waals surface area contributed by atoms with E-state index in [2.05, 4.69) is 5.32 Å². The van der Waals surface area contributed by atoms with Gasteiger partial charge in [0.05, 0.1) is 12.6 Å². The van der Waals surface area contributed by atoms with E-state index in [4.69, 9.17) is 10.5 Å². The van der Waals surface area contributed by atoms with Crippen LogP contribution in [-0.2, 0) is 4.79 Å². The van der Waals surface area contributed by atoms with Gasteiger partial charge in [-0.05, 0) is 38.0 Å². The van der Waals surface area contributed by atoms with Gasteiger partial charge in [-0.1, -0.05) is 25.5 Å². The van der Waals surface area contributed by atoms with Gasteiger partial charge in [0.2, 0.25) is 5.91 Å². The third kappa shape index (κ3) is 5.75. The lowest BCUT2D eigenvalue weighted by molar-refractivity contribution is -0.122. The molecule has 106 valence electrons. The van der Waals surface area contributed by atoms with E-state index in [0.717, 1.165) is 17.7 Å². The molecule has 0 fully saturated rings. The Morgan fingerprint density at radius 2 is 2.21 bits per heavy atom. The van der Waals surface area contributed by atoms with E-state index in [9.17, 15) is 4.79 Å². The summed E-state index contributed by atoms with van der Waals surface area (Å²) in [5.74, 6) is 0.709. The van der Waals surface area contributed by atoms with Crippen molar-refractivity contribution in [3.8, 4) is 5.75 Å². The van der Waals surface area contributed by atoms with Crippen molar-refractivity contribution in [2.75, 3.05) is 6.54 Å². The number of nitrogens with two attached hydrogens (primary N) is 1. The predicted molar refractivity (Wildman–Crippen MR) is 77.2 cm³/mol. The monoisotopic (exact) mass is 264 g/mol. The molecule has 4 nitrogen and oxygen atoms in total. The van der Waals surface area contributed by atoms with Crippen LogP contribution in [0.15, 0.2) is 24.3 Å². The summed E-state index contributed by atoms with van der Waals surface area (Å²) in [6.07, 6.45) is 1.53. The lowest BCUT2D eigenvalue weighted by Crippen LogP contribution is -2.43. The van der Waals surface area contributed by atoms with Gasteiger partial charge in [0.25, 0.3) is 0 Å². The van der Waals surface area contributed by atoms with Crippen LogP contribution in [0.1, 0.15) is 32.3 Å². The van der Waals surface area contributed by atoms with E-state index >= 15 is 0 Å². The Hall–Kier alpha value is -1.55. The Bertz CT molecular complexity index is 407. The zero-order valence-corrected chi connectivity index (χ0v) is 12.0. The zero-order chi connectivity index (χ0) is 14.3. The van der Waals surface area contributed by atoms with Gasteiger partial charge >= 0.3 is 0 Å². The molecule has 0 bridgehead atoms. The van der Waals surface area contributed by atoms with Crippen molar-refractivity contribution in [3.05, 3.63) is 29.8 Å². The van der Waals surface area contributed by atoms with Crippen molar-refractivity contribution in [3.63, 3.8) is 0 Å². The first-order chi connectivity index (χ1) is 9.02. The first-order valence-corrected chi connectivity index (χ1v) is 6.79. The number of ether oxygens (including phenoxy) is 1. The van der Waals surface area contributed by atoms with Crippen LogP contribution in [0.2, 0.25) is 0 Å². The Morgan fingerprint density at radius 3 is 2.84 bits per heavy atom. The van der Waals surface area contributed by atoms with Crippen LogP contribution in [0.3, 0.4) is 0 Å². The molecule has 19 heavy (non-hydrogen) atoms. The lowest BCUT2D eigenvalue weighted by atomic mass is 10.1. The number of amides is 1. The SMILES string of the molecule is CCCC(N)C(=O)NCC(C)Oc1cccc(C)c1. The van der Waals surface area contributed by atoms with Crippen molar-refractivity contribution in [1.82, 2.24) is 5.32 Å². The molecule has 1 aromatic rings. The molecule has 0 heterocycles. The Morgan fingerprint density at radius 1 is 1.47 bits per heavy atom. The second kappa shape index (κ2) is 7.79. The van der Waals surface area contributed by atoms with Crippen molar-refractivity contribution >= 4 is 5.91 Å². The molecule has 2 unspecified atom stereocenters. The molecule has 0 aliphatic carbocycles. The van der Waals surface area contributed by atoms with Crippen LogP contribution in [0.5, 0.6) is 5.75 Å². The fourth-order valence-corrected chi connectivity index (χ4v) is 1.78. The van der Waals surface area contributed by atoms with Crippen molar-refractivity contribution in [2.45, 2.75) is 45.8 Å². The van der Waals surface area contributed by atoms with E-state index in [-0.39, 0.29) is 12.0 Å². The highest BCUT2D eigenvalue weighted by molar-refractivity contribution is 5.81. The van der Waals surface area contributed by atoms with Crippen LogP contribution < -0.4 is 15.8 Å². The average Bonchev–Trinajstić information content (AvgIpc) is 2.36. The van der Waals surface area contributed by atoms with Gasteiger partial charge < -0.3 is 15.8 Å². The number of benzene rings is 1. The Kier molecular flexibility index (Phi) is 6.36. The summed E-state index contributed by atoms with van der Waals surface area (Å²) in [4.78, 5) is 11.7. The van der Waals surface area contributed by atoms with Gasteiger partial charge in [0, 0.05) is 0 Å². The lowest BCUT2D eigenvalue weighted by Gasteiger charge is -2.17. The topological polar surface area (TPSA) is 64.4 Å². The molecule has 4 heteroatoms. The fourth-order valence-electron chi connectivity index (χ4n) is 1.78. The van der Waals surface area contributed by atoms with Crippen LogP contribution in [0.4, 0.5) is 0 Å². The average molecular weight is 264 g/mol. The van der Waals surface area contributed by atoms with Crippen molar-refractivity contribution < 1.29 is 9.53 Å². The predicted octanol–water partition coefficient (Wildman–Crippen LogP) is 2.01. The standard InChI is InChI=1S/C15H24N2O2/c1-4-6-14(16)15(18)17-10-12(3)19-13-8-5-7-11(2)9-13/h5,7-9,12,14H,4,6,10,16H2,1-3H3,(H,17,18).